The van der Waals surface area contributed by atoms with Gasteiger partial charge in [-0.2, -0.15) is 15.0 Å². The van der Waals surface area contributed by atoms with Crippen molar-refractivity contribution in [2.75, 3.05) is 5.32 Å². The van der Waals surface area contributed by atoms with Gasteiger partial charge >= 0.3 is 0 Å². The quantitative estimate of drug-likeness (QED) is 0.771. The maximum Gasteiger partial charge on any atom is 0.229 e. The van der Waals surface area contributed by atoms with Gasteiger partial charge in [-0.15, -0.1) is 0 Å². The fraction of sp³-hybridized carbons (Fsp3) is 0.0625. The Labute approximate surface area is 138 Å². The predicted octanol–water partition coefficient (Wildman–Crippen LogP) is 4.38. The molecule has 0 aliphatic heterocycles. The zero-order valence-electron chi connectivity index (χ0n) is 11.4. The van der Waals surface area contributed by atoms with E-state index in [1.165, 1.54) is 0 Å². The summed E-state index contributed by atoms with van der Waals surface area (Å²) in [5, 5.41) is 3.38. The molecule has 4 nitrogen and oxygen atoms in total. The summed E-state index contributed by atoms with van der Waals surface area (Å²) in [4.78, 5) is 11.9. The first-order valence-corrected chi connectivity index (χ1v) is 7.41. The van der Waals surface area contributed by atoms with Crippen molar-refractivity contribution in [3.05, 3.63) is 82.4 Å². The van der Waals surface area contributed by atoms with Gasteiger partial charge in [-0.3, -0.25) is 0 Å². The maximum absolute atomic E-state index is 5.84. The molecular weight excluding hydrogens is 319 g/mol. The minimum Gasteiger partial charge on any atom is -0.343 e. The van der Waals surface area contributed by atoms with Crippen molar-refractivity contribution >= 4 is 29.2 Å². The Kier molecular flexibility index (Phi) is 4.51. The van der Waals surface area contributed by atoms with Gasteiger partial charge in [0.25, 0.3) is 0 Å². The molecule has 0 amide bonds. The monoisotopic (exact) mass is 330 g/mol. The summed E-state index contributed by atoms with van der Waals surface area (Å²) in [7, 11) is 0. The first-order valence-electron chi connectivity index (χ1n) is 6.66. The van der Waals surface area contributed by atoms with Gasteiger partial charge in [0.05, 0.1) is 6.04 Å². The fourth-order valence-corrected chi connectivity index (χ4v) is 2.53. The van der Waals surface area contributed by atoms with Crippen LogP contribution in [0.25, 0.3) is 0 Å². The van der Waals surface area contributed by atoms with Crippen LogP contribution in [-0.4, -0.2) is 15.0 Å². The van der Waals surface area contributed by atoms with Crippen molar-refractivity contribution in [2.45, 2.75) is 6.04 Å². The molecule has 3 aromatic rings. The molecule has 22 heavy (non-hydrogen) atoms. The summed E-state index contributed by atoms with van der Waals surface area (Å²) in [5.74, 6) is 0.336. The standard InChI is InChI=1S/C16H12Cl2N4/c17-14-20-15(18)22-16(21-14)19-13(11-7-3-1-4-8-11)12-9-5-2-6-10-12/h1-10,13H,(H,19,20,21,22). The number of hydrogen-bond donors (Lipinski definition) is 1. The van der Waals surface area contributed by atoms with Crippen molar-refractivity contribution in [1.29, 1.82) is 0 Å². The average Bonchev–Trinajstić information content (AvgIpc) is 2.53. The molecule has 0 aliphatic rings. The molecule has 0 bridgehead atoms. The maximum atomic E-state index is 5.84. The van der Waals surface area contributed by atoms with Crippen LogP contribution in [-0.2, 0) is 0 Å². The minimum atomic E-state index is -0.114. The Hall–Kier alpha value is -2.17. The van der Waals surface area contributed by atoms with Crippen molar-refractivity contribution in [3.8, 4) is 0 Å². The third-order valence-corrected chi connectivity index (χ3v) is 3.46. The third kappa shape index (κ3) is 3.53. The van der Waals surface area contributed by atoms with Crippen LogP contribution in [0.1, 0.15) is 17.2 Å². The van der Waals surface area contributed by atoms with Crippen LogP contribution in [0.15, 0.2) is 60.7 Å². The topological polar surface area (TPSA) is 50.7 Å². The molecule has 1 aromatic heterocycles. The van der Waals surface area contributed by atoms with E-state index in [9.17, 15) is 0 Å². The molecule has 1 N–H and O–H groups in total. The summed E-state index contributed by atoms with van der Waals surface area (Å²) in [5.41, 5.74) is 2.17. The Morgan fingerprint density at radius 3 is 1.59 bits per heavy atom. The molecule has 0 saturated carbocycles. The first kappa shape index (κ1) is 14.8. The van der Waals surface area contributed by atoms with E-state index in [-0.39, 0.29) is 16.6 Å². The molecule has 3 rings (SSSR count). The average molecular weight is 331 g/mol. The SMILES string of the molecule is Clc1nc(Cl)nc(NC(c2ccccc2)c2ccccc2)n1. The zero-order chi connectivity index (χ0) is 15.4. The Bertz CT molecular complexity index is 691. The lowest BCUT2D eigenvalue weighted by molar-refractivity contribution is 0.897. The van der Waals surface area contributed by atoms with Crippen LogP contribution in [0.4, 0.5) is 5.95 Å². The van der Waals surface area contributed by atoms with Gasteiger partial charge in [0.1, 0.15) is 0 Å². The van der Waals surface area contributed by atoms with Crippen molar-refractivity contribution in [3.63, 3.8) is 0 Å². The molecule has 1 heterocycles. The van der Waals surface area contributed by atoms with E-state index in [2.05, 4.69) is 20.3 Å². The van der Waals surface area contributed by atoms with Crippen molar-refractivity contribution in [1.82, 2.24) is 15.0 Å². The summed E-state index contributed by atoms with van der Waals surface area (Å²) in [6.45, 7) is 0. The second kappa shape index (κ2) is 6.73. The molecule has 0 aliphatic carbocycles. The molecular formula is C16H12Cl2N4. The van der Waals surface area contributed by atoms with E-state index in [0.29, 0.717) is 5.95 Å². The zero-order valence-corrected chi connectivity index (χ0v) is 13.0. The van der Waals surface area contributed by atoms with Crippen molar-refractivity contribution in [2.24, 2.45) is 0 Å². The van der Waals surface area contributed by atoms with Gasteiger partial charge in [0.15, 0.2) is 0 Å². The number of anilines is 1. The lowest BCUT2D eigenvalue weighted by Crippen LogP contribution is -2.14. The normalized spacial score (nSPS) is 10.7. The summed E-state index contributed by atoms with van der Waals surface area (Å²) < 4.78 is 0. The van der Waals surface area contributed by atoms with Crippen LogP contribution < -0.4 is 5.32 Å². The van der Waals surface area contributed by atoms with Crippen LogP contribution in [0.5, 0.6) is 0 Å². The number of aromatic nitrogens is 3. The lowest BCUT2D eigenvalue weighted by Gasteiger charge is -2.19. The highest BCUT2D eigenvalue weighted by Gasteiger charge is 2.15. The van der Waals surface area contributed by atoms with Gasteiger partial charge < -0.3 is 5.32 Å². The van der Waals surface area contributed by atoms with Gasteiger partial charge in [-0.05, 0) is 34.3 Å². The Balaban J connectivity index is 1.99. The highest BCUT2D eigenvalue weighted by molar-refractivity contribution is 6.31. The van der Waals surface area contributed by atoms with E-state index in [0.717, 1.165) is 11.1 Å². The highest BCUT2D eigenvalue weighted by Crippen LogP contribution is 2.25. The largest absolute Gasteiger partial charge is 0.343 e. The Morgan fingerprint density at radius 2 is 1.14 bits per heavy atom. The third-order valence-electron chi connectivity index (χ3n) is 3.12. The van der Waals surface area contributed by atoms with Crippen LogP contribution in [0.2, 0.25) is 10.6 Å². The molecule has 0 radical (unpaired) electrons. The fourth-order valence-electron chi connectivity index (χ4n) is 2.17. The van der Waals surface area contributed by atoms with Gasteiger partial charge in [0.2, 0.25) is 16.5 Å². The van der Waals surface area contributed by atoms with Gasteiger partial charge in [-0.25, -0.2) is 0 Å². The number of benzene rings is 2. The molecule has 110 valence electrons. The Morgan fingerprint density at radius 1 is 0.682 bits per heavy atom. The van der Waals surface area contributed by atoms with E-state index >= 15 is 0 Å². The van der Waals surface area contributed by atoms with E-state index in [4.69, 9.17) is 23.2 Å². The van der Waals surface area contributed by atoms with Gasteiger partial charge in [0, 0.05) is 0 Å². The second-order valence-corrected chi connectivity index (χ2v) is 5.27. The molecule has 0 atom stereocenters. The molecule has 6 heteroatoms. The number of nitrogens with zero attached hydrogens (tertiary/aromatic N) is 3. The molecule has 0 unspecified atom stereocenters. The molecule has 0 spiro atoms. The lowest BCUT2D eigenvalue weighted by atomic mass is 9.99. The smallest absolute Gasteiger partial charge is 0.229 e. The van der Waals surface area contributed by atoms with E-state index in [1.807, 2.05) is 60.7 Å². The summed E-state index contributed by atoms with van der Waals surface area (Å²) in [6, 6.07) is 19.9. The number of nitrogens with one attached hydrogen (secondary N) is 1. The molecule has 0 fully saturated rings. The van der Waals surface area contributed by atoms with Crippen LogP contribution in [0.3, 0.4) is 0 Å². The highest BCUT2D eigenvalue weighted by atomic mass is 35.5. The predicted molar refractivity (Wildman–Crippen MR) is 88.2 cm³/mol. The number of halogens is 2. The van der Waals surface area contributed by atoms with E-state index < -0.39 is 0 Å². The molecule has 2 aromatic carbocycles. The van der Waals surface area contributed by atoms with Crippen LogP contribution >= 0.6 is 23.2 Å². The van der Waals surface area contributed by atoms with Crippen LogP contribution in [0, 0.1) is 0 Å². The number of rotatable bonds is 4. The number of hydrogen-bond acceptors (Lipinski definition) is 4. The second-order valence-electron chi connectivity index (χ2n) is 4.60. The van der Waals surface area contributed by atoms with Crippen molar-refractivity contribution < 1.29 is 0 Å². The summed E-state index contributed by atoms with van der Waals surface area (Å²) >= 11 is 11.7. The first-order chi connectivity index (χ1) is 10.7. The molecule has 0 saturated heterocycles. The summed E-state index contributed by atoms with van der Waals surface area (Å²) in [6.07, 6.45) is 0. The van der Waals surface area contributed by atoms with Gasteiger partial charge in [-0.1, -0.05) is 60.7 Å². The van der Waals surface area contributed by atoms with E-state index in [1.54, 1.807) is 0 Å². The minimum absolute atomic E-state index is 0.0578.